The Morgan fingerprint density at radius 1 is 1.20 bits per heavy atom. The van der Waals surface area contributed by atoms with Crippen LogP contribution in [0, 0.1) is 0 Å². The Morgan fingerprint density at radius 3 is 2.60 bits per heavy atom. The van der Waals surface area contributed by atoms with Gasteiger partial charge in [-0.1, -0.05) is 0 Å². The monoisotopic (exact) mass is 138 g/mol. The van der Waals surface area contributed by atoms with Gasteiger partial charge in [0, 0.05) is 12.4 Å². The summed E-state index contributed by atoms with van der Waals surface area (Å²) in [7, 11) is 0. The Morgan fingerprint density at radius 2 is 2.00 bits per heavy atom. The van der Waals surface area contributed by atoms with Crippen LogP contribution in [0.1, 0.15) is 0 Å². The van der Waals surface area contributed by atoms with E-state index in [4.69, 9.17) is 4.74 Å². The molecule has 1 aromatic heterocycles. The van der Waals surface area contributed by atoms with Crippen molar-refractivity contribution >= 4 is 0 Å². The lowest BCUT2D eigenvalue weighted by molar-refractivity contribution is 0.194. The van der Waals surface area contributed by atoms with Crippen molar-refractivity contribution < 1.29 is 4.74 Å². The molecule has 1 aliphatic rings. The predicted molar refractivity (Wildman–Crippen MR) is 38.3 cm³/mol. The van der Waals surface area contributed by atoms with E-state index >= 15 is 0 Å². The van der Waals surface area contributed by atoms with Gasteiger partial charge in [-0.3, -0.25) is 9.69 Å². The van der Waals surface area contributed by atoms with Crippen molar-refractivity contribution in [1.82, 2.24) is 4.68 Å². The SMILES string of the molecule is c1ccn(N2CCOC2)c1. The van der Waals surface area contributed by atoms with Crippen LogP contribution in [0.5, 0.6) is 0 Å². The van der Waals surface area contributed by atoms with Crippen molar-refractivity contribution in [1.29, 1.82) is 0 Å². The Hall–Kier alpha value is -0.960. The Bertz CT molecular complexity index is 189. The maximum absolute atomic E-state index is 5.19. The number of aromatic nitrogens is 1. The van der Waals surface area contributed by atoms with Crippen LogP contribution in [0.2, 0.25) is 0 Å². The Balaban J connectivity index is 2.12. The maximum atomic E-state index is 5.19. The Labute approximate surface area is 59.8 Å². The molecule has 0 N–H and O–H groups in total. The topological polar surface area (TPSA) is 17.4 Å². The minimum absolute atomic E-state index is 0.717. The van der Waals surface area contributed by atoms with Crippen molar-refractivity contribution in [3.05, 3.63) is 24.5 Å². The van der Waals surface area contributed by atoms with Crippen molar-refractivity contribution in [2.45, 2.75) is 0 Å². The second-order valence-corrected chi connectivity index (χ2v) is 2.33. The highest BCUT2D eigenvalue weighted by molar-refractivity contribution is 4.97. The molecule has 0 unspecified atom stereocenters. The number of hydrogen-bond acceptors (Lipinski definition) is 2. The van der Waals surface area contributed by atoms with Crippen LogP contribution in [0.3, 0.4) is 0 Å². The van der Waals surface area contributed by atoms with Crippen molar-refractivity contribution in [2.75, 3.05) is 24.9 Å². The van der Waals surface area contributed by atoms with E-state index in [0.29, 0.717) is 6.73 Å². The van der Waals surface area contributed by atoms with Gasteiger partial charge < -0.3 is 4.74 Å². The third-order valence-corrected chi connectivity index (χ3v) is 1.65. The van der Waals surface area contributed by atoms with Gasteiger partial charge in [0.1, 0.15) is 6.73 Å². The van der Waals surface area contributed by atoms with Gasteiger partial charge in [0.05, 0.1) is 13.2 Å². The summed E-state index contributed by atoms with van der Waals surface area (Å²) < 4.78 is 7.23. The molecule has 1 aromatic rings. The molecule has 3 heteroatoms. The molecule has 0 aromatic carbocycles. The van der Waals surface area contributed by atoms with Crippen LogP contribution in [0.4, 0.5) is 0 Å². The fourth-order valence-electron chi connectivity index (χ4n) is 1.10. The second kappa shape index (κ2) is 2.34. The molecule has 0 saturated carbocycles. The molecule has 0 radical (unpaired) electrons. The lowest BCUT2D eigenvalue weighted by Crippen LogP contribution is -2.30. The zero-order valence-electron chi connectivity index (χ0n) is 5.73. The van der Waals surface area contributed by atoms with E-state index in [0.717, 1.165) is 13.2 Å². The molecular weight excluding hydrogens is 128 g/mol. The molecule has 0 amide bonds. The number of nitrogens with zero attached hydrogens (tertiary/aromatic N) is 2. The predicted octanol–water partition coefficient (Wildman–Crippen LogP) is 0.414. The fraction of sp³-hybridized carbons (Fsp3) is 0.429. The molecule has 0 bridgehead atoms. The molecule has 1 fully saturated rings. The molecule has 0 spiro atoms. The fourth-order valence-corrected chi connectivity index (χ4v) is 1.10. The molecule has 2 rings (SSSR count). The number of rotatable bonds is 1. The van der Waals surface area contributed by atoms with E-state index in [1.807, 2.05) is 29.2 Å². The van der Waals surface area contributed by atoms with Gasteiger partial charge >= 0.3 is 0 Å². The zero-order valence-corrected chi connectivity index (χ0v) is 5.73. The van der Waals surface area contributed by atoms with Crippen molar-refractivity contribution in [3.63, 3.8) is 0 Å². The van der Waals surface area contributed by atoms with Crippen molar-refractivity contribution in [3.8, 4) is 0 Å². The molecule has 1 aliphatic heterocycles. The average molecular weight is 138 g/mol. The van der Waals surface area contributed by atoms with Crippen LogP contribution in [0.15, 0.2) is 24.5 Å². The average Bonchev–Trinajstić information content (AvgIpc) is 2.59. The highest BCUT2D eigenvalue weighted by atomic mass is 16.5. The number of ether oxygens (including phenoxy) is 1. The van der Waals surface area contributed by atoms with Crippen LogP contribution in [-0.4, -0.2) is 24.6 Å². The van der Waals surface area contributed by atoms with Crippen LogP contribution >= 0.6 is 0 Å². The lowest BCUT2D eigenvalue weighted by atomic mass is 10.7. The summed E-state index contributed by atoms with van der Waals surface area (Å²) in [5, 5.41) is 2.14. The summed E-state index contributed by atoms with van der Waals surface area (Å²) in [6.45, 7) is 2.56. The first-order valence-electron chi connectivity index (χ1n) is 3.43. The summed E-state index contributed by atoms with van der Waals surface area (Å²) in [6, 6.07) is 4.02. The molecule has 54 valence electrons. The highest BCUT2D eigenvalue weighted by Gasteiger charge is 2.09. The summed E-state index contributed by atoms with van der Waals surface area (Å²) in [6.07, 6.45) is 4.04. The molecule has 0 atom stereocenters. The summed E-state index contributed by atoms with van der Waals surface area (Å²) in [5.74, 6) is 0. The normalized spacial score (nSPS) is 18.2. The van der Waals surface area contributed by atoms with Gasteiger partial charge in [-0.25, -0.2) is 0 Å². The molecule has 2 heterocycles. The van der Waals surface area contributed by atoms with Gasteiger partial charge in [-0.05, 0) is 12.1 Å². The third-order valence-electron chi connectivity index (χ3n) is 1.65. The van der Waals surface area contributed by atoms with E-state index in [1.165, 1.54) is 0 Å². The van der Waals surface area contributed by atoms with Gasteiger partial charge in [-0.2, -0.15) is 0 Å². The molecule has 3 nitrogen and oxygen atoms in total. The van der Waals surface area contributed by atoms with Gasteiger partial charge in [0.2, 0.25) is 0 Å². The summed E-state index contributed by atoms with van der Waals surface area (Å²) in [5.41, 5.74) is 0. The van der Waals surface area contributed by atoms with Gasteiger partial charge in [-0.15, -0.1) is 0 Å². The largest absolute Gasteiger partial charge is 0.358 e. The highest BCUT2D eigenvalue weighted by Crippen LogP contribution is 1.99. The maximum Gasteiger partial charge on any atom is 0.133 e. The third kappa shape index (κ3) is 0.885. The Kier molecular flexibility index (Phi) is 1.36. The van der Waals surface area contributed by atoms with E-state index in [2.05, 4.69) is 5.01 Å². The minimum Gasteiger partial charge on any atom is -0.358 e. The van der Waals surface area contributed by atoms with E-state index < -0.39 is 0 Å². The molecule has 10 heavy (non-hydrogen) atoms. The molecule has 0 aliphatic carbocycles. The summed E-state index contributed by atoms with van der Waals surface area (Å²) in [4.78, 5) is 0. The molecule has 1 saturated heterocycles. The van der Waals surface area contributed by atoms with E-state index in [1.54, 1.807) is 0 Å². The van der Waals surface area contributed by atoms with Gasteiger partial charge in [0.25, 0.3) is 0 Å². The summed E-state index contributed by atoms with van der Waals surface area (Å²) >= 11 is 0. The second-order valence-electron chi connectivity index (χ2n) is 2.33. The molecular formula is C7H10N2O. The van der Waals surface area contributed by atoms with E-state index in [-0.39, 0.29) is 0 Å². The standard InChI is InChI=1S/C7H10N2O/c1-2-4-8(3-1)9-5-6-10-7-9/h1-4H,5-7H2. The quantitative estimate of drug-likeness (QED) is 0.559. The van der Waals surface area contributed by atoms with Crippen molar-refractivity contribution in [2.24, 2.45) is 0 Å². The minimum atomic E-state index is 0.717. The first-order chi connectivity index (χ1) is 4.97. The lowest BCUT2D eigenvalue weighted by Gasteiger charge is -2.16. The van der Waals surface area contributed by atoms with Crippen LogP contribution in [-0.2, 0) is 4.74 Å². The first-order valence-corrected chi connectivity index (χ1v) is 3.43. The van der Waals surface area contributed by atoms with Gasteiger partial charge in [0.15, 0.2) is 0 Å². The number of hydrogen-bond donors (Lipinski definition) is 0. The smallest absolute Gasteiger partial charge is 0.133 e. The van der Waals surface area contributed by atoms with Crippen LogP contribution < -0.4 is 5.01 Å². The van der Waals surface area contributed by atoms with Crippen LogP contribution in [0.25, 0.3) is 0 Å². The first kappa shape index (κ1) is 5.80. The van der Waals surface area contributed by atoms with E-state index in [9.17, 15) is 0 Å². The zero-order chi connectivity index (χ0) is 6.81.